The van der Waals surface area contributed by atoms with Gasteiger partial charge in [-0.15, -0.1) is 0 Å². The van der Waals surface area contributed by atoms with Crippen LogP contribution >= 0.6 is 0 Å². The van der Waals surface area contributed by atoms with Crippen LogP contribution in [0, 0.1) is 12.7 Å². The van der Waals surface area contributed by atoms with Crippen molar-refractivity contribution in [1.29, 1.82) is 0 Å². The Kier molecular flexibility index (Phi) is 12.0. The quantitative estimate of drug-likeness (QED) is 0.114. The number of aryl methyl sites for hydroxylation is 1. The third kappa shape index (κ3) is 9.73. The standard InChI is InChI=1S/C33H35FO6/c1-4-6-18-37-28-13-8-25(9-14-28)10-17-33(36)40-23-27-12-11-26(21-24(27)3)30-16-15-29(22-31(30)34)38-19-7-20-39-32(35)5-2/h5,8-17,21-22H,2,4,6-7,18-20,23H2,1,3H3/b17-10+. The smallest absolute Gasteiger partial charge is 0.331 e. The molecule has 0 unspecified atom stereocenters. The second-order valence-corrected chi connectivity index (χ2v) is 9.07. The van der Waals surface area contributed by atoms with Crippen molar-refractivity contribution in [1.82, 2.24) is 0 Å². The Morgan fingerprint density at radius 2 is 1.57 bits per heavy atom. The van der Waals surface area contributed by atoms with E-state index < -0.39 is 17.8 Å². The Morgan fingerprint density at radius 1 is 0.850 bits per heavy atom. The SMILES string of the molecule is C=CC(=O)OCCCOc1ccc(-c2ccc(COC(=O)/C=C/c3ccc(OCCCC)cc3)c(C)c2)c(F)c1. The summed E-state index contributed by atoms with van der Waals surface area (Å²) < 4.78 is 36.3. The summed E-state index contributed by atoms with van der Waals surface area (Å²) in [5, 5.41) is 0. The van der Waals surface area contributed by atoms with Gasteiger partial charge in [0, 0.05) is 30.2 Å². The Morgan fingerprint density at radius 3 is 2.27 bits per heavy atom. The summed E-state index contributed by atoms with van der Waals surface area (Å²) in [5.41, 5.74) is 3.71. The van der Waals surface area contributed by atoms with E-state index in [0.717, 1.165) is 41.4 Å². The molecular weight excluding hydrogens is 511 g/mol. The summed E-state index contributed by atoms with van der Waals surface area (Å²) in [4.78, 5) is 23.3. The number of hydrogen-bond acceptors (Lipinski definition) is 6. The summed E-state index contributed by atoms with van der Waals surface area (Å²) in [6.45, 7) is 8.61. The van der Waals surface area contributed by atoms with Gasteiger partial charge >= 0.3 is 11.9 Å². The van der Waals surface area contributed by atoms with Crippen molar-refractivity contribution in [2.24, 2.45) is 0 Å². The minimum Gasteiger partial charge on any atom is -0.494 e. The van der Waals surface area contributed by atoms with Gasteiger partial charge in [-0.1, -0.05) is 50.3 Å². The minimum atomic E-state index is -0.489. The van der Waals surface area contributed by atoms with Gasteiger partial charge in [-0.05, 0) is 65.9 Å². The van der Waals surface area contributed by atoms with Gasteiger partial charge in [0.05, 0.1) is 19.8 Å². The fourth-order valence-electron chi connectivity index (χ4n) is 3.70. The lowest BCUT2D eigenvalue weighted by Gasteiger charge is -2.11. The molecule has 0 amide bonds. The average molecular weight is 547 g/mol. The van der Waals surface area contributed by atoms with Crippen molar-refractivity contribution in [2.45, 2.75) is 39.7 Å². The topological polar surface area (TPSA) is 71.1 Å². The molecule has 0 fully saturated rings. The number of carbonyl (C=O) groups is 2. The van der Waals surface area contributed by atoms with E-state index in [4.69, 9.17) is 18.9 Å². The van der Waals surface area contributed by atoms with E-state index in [1.807, 2.05) is 43.3 Å². The molecule has 0 radical (unpaired) electrons. The summed E-state index contributed by atoms with van der Waals surface area (Å²) in [5.74, 6) is -0.165. The van der Waals surface area contributed by atoms with Crippen LogP contribution in [0.25, 0.3) is 17.2 Å². The van der Waals surface area contributed by atoms with Crippen molar-refractivity contribution >= 4 is 18.0 Å². The van der Waals surface area contributed by atoms with Crippen LogP contribution < -0.4 is 9.47 Å². The zero-order chi connectivity index (χ0) is 28.7. The van der Waals surface area contributed by atoms with E-state index >= 15 is 0 Å². The first kappa shape index (κ1) is 30.2. The normalized spacial score (nSPS) is 10.8. The lowest BCUT2D eigenvalue weighted by atomic mass is 9.99. The van der Waals surface area contributed by atoms with Crippen LogP contribution in [0.1, 0.15) is 42.9 Å². The zero-order valence-corrected chi connectivity index (χ0v) is 23.0. The molecule has 0 aliphatic carbocycles. The first-order valence-corrected chi connectivity index (χ1v) is 13.3. The van der Waals surface area contributed by atoms with Gasteiger partial charge < -0.3 is 18.9 Å². The van der Waals surface area contributed by atoms with Crippen LogP contribution in [-0.4, -0.2) is 31.8 Å². The molecule has 3 aromatic rings. The fourth-order valence-corrected chi connectivity index (χ4v) is 3.70. The maximum absolute atomic E-state index is 14.8. The second-order valence-electron chi connectivity index (χ2n) is 9.07. The van der Waals surface area contributed by atoms with Gasteiger partial charge in [0.25, 0.3) is 0 Å². The molecule has 0 aliphatic rings. The highest BCUT2D eigenvalue weighted by Crippen LogP contribution is 2.28. The maximum atomic E-state index is 14.8. The summed E-state index contributed by atoms with van der Waals surface area (Å²) >= 11 is 0. The maximum Gasteiger partial charge on any atom is 0.331 e. The van der Waals surface area contributed by atoms with E-state index in [2.05, 4.69) is 13.5 Å². The largest absolute Gasteiger partial charge is 0.494 e. The summed E-state index contributed by atoms with van der Waals surface area (Å²) in [6, 6.07) is 17.7. The first-order chi connectivity index (χ1) is 19.4. The Balaban J connectivity index is 1.49. The first-order valence-electron chi connectivity index (χ1n) is 13.3. The van der Waals surface area contributed by atoms with Crippen LogP contribution in [0.3, 0.4) is 0 Å². The molecule has 3 rings (SSSR count). The van der Waals surface area contributed by atoms with Crippen LogP contribution in [0.15, 0.2) is 79.4 Å². The van der Waals surface area contributed by atoms with E-state index in [1.165, 1.54) is 12.1 Å². The number of unbranched alkanes of at least 4 members (excludes halogenated alkanes) is 1. The van der Waals surface area contributed by atoms with Gasteiger partial charge in [0.1, 0.15) is 23.9 Å². The van der Waals surface area contributed by atoms with Crippen molar-refractivity contribution in [2.75, 3.05) is 19.8 Å². The number of esters is 2. The minimum absolute atomic E-state index is 0.108. The molecule has 0 atom stereocenters. The lowest BCUT2D eigenvalue weighted by molar-refractivity contribution is -0.139. The molecule has 0 N–H and O–H groups in total. The molecule has 210 valence electrons. The van der Waals surface area contributed by atoms with E-state index in [-0.39, 0.29) is 19.8 Å². The van der Waals surface area contributed by atoms with Crippen molar-refractivity contribution < 1.29 is 32.9 Å². The monoisotopic (exact) mass is 546 g/mol. The number of benzene rings is 3. The van der Waals surface area contributed by atoms with Crippen LogP contribution in [0.4, 0.5) is 4.39 Å². The Labute approximate surface area is 235 Å². The third-order valence-corrected chi connectivity index (χ3v) is 5.99. The molecule has 0 aliphatic heterocycles. The Hall–Kier alpha value is -4.39. The van der Waals surface area contributed by atoms with Crippen LogP contribution in [0.5, 0.6) is 11.5 Å². The number of carbonyl (C=O) groups excluding carboxylic acids is 2. The number of hydrogen-bond donors (Lipinski definition) is 0. The van der Waals surface area contributed by atoms with E-state index in [9.17, 15) is 14.0 Å². The highest BCUT2D eigenvalue weighted by molar-refractivity contribution is 5.87. The Bertz CT molecular complexity index is 1310. The van der Waals surface area contributed by atoms with Gasteiger partial charge in [-0.3, -0.25) is 0 Å². The molecule has 7 heteroatoms. The molecule has 40 heavy (non-hydrogen) atoms. The van der Waals surface area contributed by atoms with Gasteiger partial charge in [-0.2, -0.15) is 0 Å². The van der Waals surface area contributed by atoms with Crippen molar-refractivity contribution in [3.8, 4) is 22.6 Å². The second kappa shape index (κ2) is 15.9. The molecule has 0 saturated heterocycles. The average Bonchev–Trinajstić information content (AvgIpc) is 2.96. The lowest BCUT2D eigenvalue weighted by Crippen LogP contribution is -2.06. The van der Waals surface area contributed by atoms with E-state index in [0.29, 0.717) is 29.9 Å². The van der Waals surface area contributed by atoms with Gasteiger partial charge in [0.2, 0.25) is 0 Å². The van der Waals surface area contributed by atoms with Gasteiger partial charge in [0.15, 0.2) is 0 Å². The zero-order valence-electron chi connectivity index (χ0n) is 23.0. The predicted octanol–water partition coefficient (Wildman–Crippen LogP) is 7.23. The number of halogens is 1. The molecule has 0 spiro atoms. The number of ether oxygens (including phenoxy) is 4. The fraction of sp³-hybridized carbons (Fsp3) is 0.273. The molecule has 0 saturated carbocycles. The molecular formula is C33H35FO6. The van der Waals surface area contributed by atoms with E-state index in [1.54, 1.807) is 24.3 Å². The highest BCUT2D eigenvalue weighted by atomic mass is 19.1. The van der Waals surface area contributed by atoms with Crippen LogP contribution in [-0.2, 0) is 25.7 Å². The highest BCUT2D eigenvalue weighted by Gasteiger charge is 2.10. The molecule has 0 bridgehead atoms. The van der Waals surface area contributed by atoms with Crippen molar-refractivity contribution in [3.63, 3.8) is 0 Å². The van der Waals surface area contributed by atoms with Crippen LogP contribution in [0.2, 0.25) is 0 Å². The molecule has 3 aromatic carbocycles. The molecule has 6 nitrogen and oxygen atoms in total. The molecule has 0 aromatic heterocycles. The predicted molar refractivity (Wildman–Crippen MR) is 154 cm³/mol. The third-order valence-electron chi connectivity index (χ3n) is 5.99. The summed E-state index contributed by atoms with van der Waals surface area (Å²) in [6.07, 6.45) is 6.75. The van der Waals surface area contributed by atoms with Gasteiger partial charge in [-0.25, -0.2) is 14.0 Å². The number of rotatable bonds is 15. The summed E-state index contributed by atoms with van der Waals surface area (Å²) in [7, 11) is 0. The molecule has 0 heterocycles. The van der Waals surface area contributed by atoms with Crippen molar-refractivity contribution in [3.05, 3.63) is 102 Å².